The Kier molecular flexibility index (Phi) is 6.09. The number of hydrogen-bond acceptors (Lipinski definition) is 3. The maximum atomic E-state index is 11.9. The molecule has 0 unspecified atom stereocenters. The molecule has 1 aromatic rings. The van der Waals surface area contributed by atoms with Crippen molar-refractivity contribution in [3.05, 3.63) is 35.4 Å². The van der Waals surface area contributed by atoms with E-state index >= 15 is 0 Å². The van der Waals surface area contributed by atoms with E-state index in [1.165, 1.54) is 0 Å². The van der Waals surface area contributed by atoms with Crippen LogP contribution in [-0.4, -0.2) is 28.8 Å². The van der Waals surface area contributed by atoms with Crippen molar-refractivity contribution in [2.24, 2.45) is 5.92 Å². The third kappa shape index (κ3) is 5.38. The van der Waals surface area contributed by atoms with Gasteiger partial charge in [0.2, 0.25) is 5.91 Å². The maximum Gasteiger partial charge on any atom is 0.326 e. The van der Waals surface area contributed by atoms with Crippen LogP contribution in [-0.2, 0) is 9.59 Å². The number of carbonyl (C=O) groups is 3. The summed E-state index contributed by atoms with van der Waals surface area (Å²) < 4.78 is 0. The number of ketones is 1. The van der Waals surface area contributed by atoms with E-state index in [0.29, 0.717) is 5.56 Å². The number of amides is 1. The molecule has 21 heavy (non-hydrogen) atoms. The van der Waals surface area contributed by atoms with Gasteiger partial charge in [0.15, 0.2) is 5.78 Å². The van der Waals surface area contributed by atoms with Crippen molar-refractivity contribution >= 4 is 17.7 Å². The van der Waals surface area contributed by atoms with Crippen molar-refractivity contribution in [1.29, 1.82) is 0 Å². The fourth-order valence-electron chi connectivity index (χ4n) is 1.87. The van der Waals surface area contributed by atoms with Crippen LogP contribution in [0.5, 0.6) is 0 Å². The van der Waals surface area contributed by atoms with Crippen molar-refractivity contribution < 1.29 is 19.5 Å². The largest absolute Gasteiger partial charge is 0.480 e. The van der Waals surface area contributed by atoms with Crippen LogP contribution < -0.4 is 5.32 Å². The van der Waals surface area contributed by atoms with Gasteiger partial charge in [0.05, 0.1) is 0 Å². The van der Waals surface area contributed by atoms with E-state index in [1.807, 2.05) is 19.1 Å². The minimum Gasteiger partial charge on any atom is -0.480 e. The highest BCUT2D eigenvalue weighted by Gasteiger charge is 2.23. The molecule has 1 rings (SSSR count). The summed E-state index contributed by atoms with van der Waals surface area (Å²) in [6, 6.07) is 6.21. The Morgan fingerprint density at radius 2 is 1.67 bits per heavy atom. The molecule has 5 nitrogen and oxygen atoms in total. The number of carboxylic acid groups (broad SMARTS) is 1. The predicted octanol–water partition coefficient (Wildman–Crippen LogP) is 2.18. The molecule has 0 spiro atoms. The van der Waals surface area contributed by atoms with Crippen LogP contribution in [0.4, 0.5) is 0 Å². The molecule has 5 heteroatoms. The molecule has 1 aromatic carbocycles. The van der Waals surface area contributed by atoms with Crippen LogP contribution in [0.3, 0.4) is 0 Å². The van der Waals surface area contributed by atoms with Gasteiger partial charge in [0.25, 0.3) is 0 Å². The van der Waals surface area contributed by atoms with E-state index in [2.05, 4.69) is 5.32 Å². The lowest BCUT2D eigenvalue weighted by Gasteiger charge is -2.17. The average Bonchev–Trinajstić information content (AvgIpc) is 2.42. The first-order chi connectivity index (χ1) is 9.81. The number of carbonyl (C=O) groups excluding carboxylic acids is 2. The summed E-state index contributed by atoms with van der Waals surface area (Å²) in [7, 11) is 0. The molecule has 0 saturated heterocycles. The second-order valence-electron chi connectivity index (χ2n) is 5.42. The summed E-state index contributed by atoms with van der Waals surface area (Å²) in [5.41, 5.74) is 1.62. The Labute approximate surface area is 124 Å². The number of aliphatic carboxylic acids is 1. The molecule has 1 atom stereocenters. The highest BCUT2D eigenvalue weighted by atomic mass is 16.4. The van der Waals surface area contributed by atoms with Crippen molar-refractivity contribution in [2.45, 2.75) is 39.7 Å². The smallest absolute Gasteiger partial charge is 0.326 e. The van der Waals surface area contributed by atoms with Gasteiger partial charge in [-0.1, -0.05) is 43.7 Å². The number of hydrogen-bond donors (Lipinski definition) is 2. The lowest BCUT2D eigenvalue weighted by Crippen LogP contribution is -2.44. The van der Waals surface area contributed by atoms with E-state index in [1.54, 1.807) is 26.0 Å². The van der Waals surface area contributed by atoms with Crippen LogP contribution in [0.2, 0.25) is 0 Å². The molecular formula is C16H21NO4. The van der Waals surface area contributed by atoms with Crippen molar-refractivity contribution in [3.63, 3.8) is 0 Å². The van der Waals surface area contributed by atoms with E-state index in [9.17, 15) is 14.4 Å². The second-order valence-corrected chi connectivity index (χ2v) is 5.42. The highest BCUT2D eigenvalue weighted by Crippen LogP contribution is 2.08. The molecule has 0 saturated carbocycles. The summed E-state index contributed by atoms with van der Waals surface area (Å²) in [5.74, 6) is -1.82. The van der Waals surface area contributed by atoms with Crippen LogP contribution in [0.25, 0.3) is 0 Å². The predicted molar refractivity (Wildman–Crippen MR) is 79.1 cm³/mol. The minimum absolute atomic E-state index is 0.0107. The summed E-state index contributed by atoms with van der Waals surface area (Å²) in [6.45, 7) is 5.37. The minimum atomic E-state index is -1.07. The monoisotopic (exact) mass is 291 g/mol. The van der Waals surface area contributed by atoms with Crippen LogP contribution in [0.15, 0.2) is 24.3 Å². The number of benzene rings is 1. The zero-order valence-corrected chi connectivity index (χ0v) is 12.6. The maximum absolute atomic E-state index is 11.9. The van der Waals surface area contributed by atoms with Crippen molar-refractivity contribution in [2.75, 3.05) is 0 Å². The van der Waals surface area contributed by atoms with Gasteiger partial charge in [-0.05, 0) is 12.8 Å². The second kappa shape index (κ2) is 7.57. The molecule has 0 aliphatic heterocycles. The molecule has 0 aliphatic carbocycles. The highest BCUT2D eigenvalue weighted by molar-refractivity contribution is 5.98. The van der Waals surface area contributed by atoms with Gasteiger partial charge < -0.3 is 10.4 Å². The van der Waals surface area contributed by atoms with E-state index in [4.69, 9.17) is 5.11 Å². The molecule has 0 heterocycles. The number of aryl methyl sites for hydroxylation is 1. The zero-order chi connectivity index (χ0) is 16.0. The first kappa shape index (κ1) is 16.9. The van der Waals surface area contributed by atoms with E-state index < -0.39 is 17.9 Å². The topological polar surface area (TPSA) is 83.5 Å². The Balaban J connectivity index is 2.51. The zero-order valence-electron chi connectivity index (χ0n) is 12.6. The normalized spacial score (nSPS) is 12.0. The average molecular weight is 291 g/mol. The Bertz CT molecular complexity index is 520. The first-order valence-corrected chi connectivity index (χ1v) is 6.93. The first-order valence-electron chi connectivity index (χ1n) is 6.93. The molecule has 114 valence electrons. The number of nitrogens with one attached hydrogen (secondary N) is 1. The molecule has 0 aromatic heterocycles. The van der Waals surface area contributed by atoms with Gasteiger partial charge in [-0.3, -0.25) is 9.59 Å². The summed E-state index contributed by atoms with van der Waals surface area (Å²) in [4.78, 5) is 34.6. The number of Topliss-reactive ketones (excluding diaryl/α,β-unsaturated/α-hetero) is 1. The molecule has 0 aliphatic rings. The summed E-state index contributed by atoms with van der Waals surface area (Å²) >= 11 is 0. The van der Waals surface area contributed by atoms with Crippen LogP contribution in [0, 0.1) is 12.8 Å². The molecule has 1 amide bonds. The van der Waals surface area contributed by atoms with Gasteiger partial charge in [-0.25, -0.2) is 4.79 Å². The SMILES string of the molecule is Cc1ccc(C(=O)CCC(=O)N[C@@H](C(=O)O)C(C)C)cc1. The fraction of sp³-hybridized carbons (Fsp3) is 0.438. The molecule has 2 N–H and O–H groups in total. The van der Waals surface area contributed by atoms with Crippen LogP contribution in [0.1, 0.15) is 42.6 Å². The van der Waals surface area contributed by atoms with Gasteiger partial charge in [0.1, 0.15) is 6.04 Å². The Morgan fingerprint density at radius 1 is 1.10 bits per heavy atom. The Hall–Kier alpha value is -2.17. The summed E-state index contributed by atoms with van der Waals surface area (Å²) in [6.07, 6.45) is 0.0581. The molecule has 0 radical (unpaired) electrons. The van der Waals surface area contributed by atoms with Gasteiger partial charge in [-0.2, -0.15) is 0 Å². The number of rotatable bonds is 7. The lowest BCUT2D eigenvalue weighted by atomic mass is 10.0. The van der Waals surface area contributed by atoms with E-state index in [0.717, 1.165) is 5.56 Å². The molecule has 0 bridgehead atoms. The number of carboxylic acids is 1. The third-order valence-electron chi connectivity index (χ3n) is 3.20. The third-order valence-corrected chi connectivity index (χ3v) is 3.20. The lowest BCUT2D eigenvalue weighted by molar-refractivity contribution is -0.143. The fourth-order valence-corrected chi connectivity index (χ4v) is 1.87. The Morgan fingerprint density at radius 3 is 2.14 bits per heavy atom. The standard InChI is InChI=1S/C16H21NO4/c1-10(2)15(16(20)21)17-14(19)9-8-13(18)12-6-4-11(3)5-7-12/h4-7,10,15H,8-9H2,1-3H3,(H,17,19)(H,20,21)/t15-/m1/s1. The quantitative estimate of drug-likeness (QED) is 0.754. The van der Waals surface area contributed by atoms with Gasteiger partial charge >= 0.3 is 5.97 Å². The molecular weight excluding hydrogens is 270 g/mol. The van der Waals surface area contributed by atoms with E-state index in [-0.39, 0.29) is 24.5 Å². The summed E-state index contributed by atoms with van der Waals surface area (Å²) in [5, 5.41) is 11.4. The molecule has 0 fully saturated rings. The van der Waals surface area contributed by atoms with Crippen molar-refractivity contribution in [3.8, 4) is 0 Å². The van der Waals surface area contributed by atoms with Crippen molar-refractivity contribution in [1.82, 2.24) is 5.32 Å². The van der Waals surface area contributed by atoms with Crippen LogP contribution >= 0.6 is 0 Å². The van der Waals surface area contributed by atoms with Gasteiger partial charge in [0, 0.05) is 18.4 Å². The van der Waals surface area contributed by atoms with Gasteiger partial charge in [-0.15, -0.1) is 0 Å².